The largest absolute Gasteiger partial charge is 0.352 e. The lowest BCUT2D eigenvalue weighted by Crippen LogP contribution is -2.56. The van der Waals surface area contributed by atoms with Crippen LogP contribution >= 0.6 is 12.2 Å². The van der Waals surface area contributed by atoms with Crippen molar-refractivity contribution in [2.75, 3.05) is 18.0 Å². The predicted octanol–water partition coefficient (Wildman–Crippen LogP) is 1.21. The Bertz CT molecular complexity index is 1200. The van der Waals surface area contributed by atoms with Crippen molar-refractivity contribution in [3.63, 3.8) is 0 Å². The number of urea groups is 1. The first-order valence-corrected chi connectivity index (χ1v) is 9.89. The fourth-order valence-corrected chi connectivity index (χ4v) is 5.07. The molecule has 3 atom stereocenters. The number of nitrogens with zero attached hydrogens (tertiary/aromatic N) is 5. The summed E-state index contributed by atoms with van der Waals surface area (Å²) < 4.78 is 0. The number of likely N-dealkylation sites (tertiary alicyclic amines) is 1. The molecule has 3 amide bonds. The summed E-state index contributed by atoms with van der Waals surface area (Å²) >= 11 is 5.44. The summed E-state index contributed by atoms with van der Waals surface area (Å²) in [6.07, 6.45) is 7.58. The molecule has 3 aliphatic rings. The number of anilines is 1. The van der Waals surface area contributed by atoms with E-state index in [1.807, 2.05) is 4.90 Å². The number of amides is 3. The highest BCUT2D eigenvalue weighted by Crippen LogP contribution is 2.43. The van der Waals surface area contributed by atoms with Crippen molar-refractivity contribution in [2.45, 2.75) is 24.5 Å². The summed E-state index contributed by atoms with van der Waals surface area (Å²) in [5, 5.41) is 13.5. The smallest absolute Gasteiger partial charge is 0.332 e. The molecule has 0 saturated carbocycles. The molecule has 148 valence electrons. The summed E-state index contributed by atoms with van der Waals surface area (Å²) in [7, 11) is 0. The molecule has 3 fully saturated rings. The van der Waals surface area contributed by atoms with Crippen LogP contribution in [0, 0.1) is 23.7 Å². The number of carbonyl (C=O) groups is 2. The fraction of sp³-hybridized carbons (Fsp3) is 0.286. The maximum atomic E-state index is 13.4. The maximum Gasteiger partial charge on any atom is 0.332 e. The van der Waals surface area contributed by atoms with Gasteiger partial charge in [0.15, 0.2) is 5.11 Å². The first kappa shape index (κ1) is 18.3. The number of hydrogen-bond acceptors (Lipinski definition) is 5. The van der Waals surface area contributed by atoms with E-state index in [1.54, 1.807) is 35.4 Å². The molecule has 0 radical (unpaired) electrons. The van der Waals surface area contributed by atoms with Gasteiger partial charge in [-0.25, -0.2) is 9.69 Å². The molecular weight excluding hydrogens is 400 g/mol. The molecule has 2 aromatic rings. The fourth-order valence-electron chi connectivity index (χ4n) is 4.78. The zero-order valence-electron chi connectivity index (χ0n) is 15.8. The SMILES string of the molecule is C#CCNC(=S)N1CC2CC1C1C(=O)N(c3ccc(C#N)c4ncccc34)C(=O)N21. The Morgan fingerprint density at radius 1 is 1.37 bits per heavy atom. The molecule has 30 heavy (non-hydrogen) atoms. The normalized spacial score (nSPS) is 24.2. The van der Waals surface area contributed by atoms with Crippen LogP contribution in [-0.4, -0.2) is 63.0 Å². The van der Waals surface area contributed by atoms with Crippen LogP contribution in [0.2, 0.25) is 0 Å². The van der Waals surface area contributed by atoms with Crippen molar-refractivity contribution in [3.8, 4) is 18.4 Å². The Morgan fingerprint density at radius 2 is 2.20 bits per heavy atom. The van der Waals surface area contributed by atoms with Crippen LogP contribution in [0.1, 0.15) is 12.0 Å². The Balaban J connectivity index is 1.52. The number of fused-ring (bicyclic) bond motifs is 6. The van der Waals surface area contributed by atoms with Crippen LogP contribution < -0.4 is 10.2 Å². The lowest BCUT2D eigenvalue weighted by atomic mass is 10.1. The number of benzene rings is 1. The summed E-state index contributed by atoms with van der Waals surface area (Å²) in [6.45, 7) is 0.879. The first-order valence-electron chi connectivity index (χ1n) is 9.49. The molecule has 1 aromatic carbocycles. The lowest BCUT2D eigenvalue weighted by Gasteiger charge is -2.36. The Kier molecular flexibility index (Phi) is 4.09. The third kappa shape index (κ3) is 2.39. The van der Waals surface area contributed by atoms with Crippen LogP contribution in [0.4, 0.5) is 10.5 Å². The molecular formula is C21H16N6O2S. The van der Waals surface area contributed by atoms with Crippen LogP contribution in [0.5, 0.6) is 0 Å². The standard InChI is InChI=1S/C21H16N6O2S/c1-2-7-24-20(30)25-11-13-9-16(25)18-19(28)27(21(29)26(13)18)15-6-5-12(10-22)17-14(15)4-3-8-23-17/h1,3-6,8,13,16,18H,7,9,11H2,(H,24,30). The zero-order valence-corrected chi connectivity index (χ0v) is 16.6. The van der Waals surface area contributed by atoms with Gasteiger partial charge in [0, 0.05) is 18.1 Å². The highest BCUT2D eigenvalue weighted by Gasteiger charge is 2.62. The molecule has 0 spiro atoms. The number of piperazine rings is 1. The zero-order chi connectivity index (χ0) is 21.0. The second-order valence-corrected chi connectivity index (χ2v) is 7.81. The number of terminal acetylenes is 1. The van der Waals surface area contributed by atoms with Crippen molar-refractivity contribution in [1.29, 1.82) is 5.26 Å². The van der Waals surface area contributed by atoms with E-state index in [0.717, 1.165) is 0 Å². The van der Waals surface area contributed by atoms with Gasteiger partial charge in [-0.05, 0) is 42.9 Å². The van der Waals surface area contributed by atoms with Gasteiger partial charge in [-0.3, -0.25) is 9.78 Å². The van der Waals surface area contributed by atoms with Crippen LogP contribution in [0.15, 0.2) is 30.5 Å². The predicted molar refractivity (Wildman–Crippen MR) is 113 cm³/mol. The minimum Gasteiger partial charge on any atom is -0.352 e. The molecule has 3 unspecified atom stereocenters. The molecule has 1 N–H and O–H groups in total. The van der Waals surface area contributed by atoms with E-state index < -0.39 is 6.04 Å². The molecule has 1 aromatic heterocycles. The summed E-state index contributed by atoms with van der Waals surface area (Å²) in [5.41, 5.74) is 1.31. The number of nitrogens with one attached hydrogen (secondary N) is 1. The van der Waals surface area contributed by atoms with E-state index in [2.05, 4.69) is 22.3 Å². The van der Waals surface area contributed by atoms with E-state index in [9.17, 15) is 14.9 Å². The average molecular weight is 416 g/mol. The number of hydrogen-bond donors (Lipinski definition) is 1. The monoisotopic (exact) mass is 416 g/mol. The van der Waals surface area contributed by atoms with Crippen molar-refractivity contribution in [2.24, 2.45) is 0 Å². The molecule has 0 aliphatic carbocycles. The van der Waals surface area contributed by atoms with E-state index in [1.165, 1.54) is 4.90 Å². The van der Waals surface area contributed by atoms with Crippen molar-refractivity contribution in [1.82, 2.24) is 20.1 Å². The number of pyridine rings is 1. The van der Waals surface area contributed by atoms with Gasteiger partial charge in [0.1, 0.15) is 12.1 Å². The van der Waals surface area contributed by atoms with Crippen LogP contribution in [0.3, 0.4) is 0 Å². The van der Waals surface area contributed by atoms with Gasteiger partial charge in [0.25, 0.3) is 5.91 Å². The van der Waals surface area contributed by atoms with Gasteiger partial charge in [-0.15, -0.1) is 6.42 Å². The van der Waals surface area contributed by atoms with Crippen molar-refractivity contribution in [3.05, 3.63) is 36.0 Å². The minimum atomic E-state index is -0.593. The van der Waals surface area contributed by atoms with Gasteiger partial charge in [-0.2, -0.15) is 5.26 Å². The number of nitriles is 1. The summed E-state index contributed by atoms with van der Waals surface area (Å²) in [6, 6.07) is 7.62. The van der Waals surface area contributed by atoms with Crippen LogP contribution in [0.25, 0.3) is 10.9 Å². The summed E-state index contributed by atoms with van der Waals surface area (Å²) in [5.74, 6) is 2.20. The third-order valence-electron chi connectivity index (χ3n) is 5.98. The Labute approximate surface area is 178 Å². The maximum absolute atomic E-state index is 13.4. The van der Waals surface area contributed by atoms with E-state index in [-0.39, 0.29) is 24.0 Å². The molecule has 2 bridgehead atoms. The third-order valence-corrected chi connectivity index (χ3v) is 6.35. The number of carbonyl (C=O) groups excluding carboxylic acids is 2. The number of aromatic nitrogens is 1. The van der Waals surface area contributed by atoms with E-state index >= 15 is 0 Å². The topological polar surface area (TPSA) is 92.6 Å². The molecule has 8 nitrogen and oxygen atoms in total. The second kappa shape index (κ2) is 6.68. The molecule has 4 heterocycles. The number of rotatable bonds is 2. The quantitative estimate of drug-likeness (QED) is 0.447. The molecule has 3 aliphatic heterocycles. The van der Waals surface area contributed by atoms with E-state index in [4.69, 9.17) is 18.6 Å². The van der Waals surface area contributed by atoms with Crippen molar-refractivity contribution < 1.29 is 9.59 Å². The van der Waals surface area contributed by atoms with Gasteiger partial charge >= 0.3 is 6.03 Å². The average Bonchev–Trinajstić information content (AvgIpc) is 3.43. The second-order valence-electron chi connectivity index (χ2n) is 7.42. The highest BCUT2D eigenvalue weighted by atomic mass is 32.1. The number of thiocarbonyl (C=S) groups is 1. The Morgan fingerprint density at radius 3 is 2.97 bits per heavy atom. The minimum absolute atomic E-state index is 0.0881. The molecule has 3 saturated heterocycles. The van der Waals surface area contributed by atoms with Gasteiger partial charge in [0.2, 0.25) is 0 Å². The lowest BCUT2D eigenvalue weighted by molar-refractivity contribution is -0.120. The van der Waals surface area contributed by atoms with Crippen LogP contribution in [-0.2, 0) is 4.79 Å². The van der Waals surface area contributed by atoms with Crippen molar-refractivity contribution >= 4 is 45.9 Å². The van der Waals surface area contributed by atoms with E-state index in [0.29, 0.717) is 46.8 Å². The molecule has 5 rings (SSSR count). The van der Waals surface area contributed by atoms with Gasteiger partial charge in [0.05, 0.1) is 35.4 Å². The van der Waals surface area contributed by atoms with Gasteiger partial charge < -0.3 is 15.1 Å². The highest BCUT2D eigenvalue weighted by molar-refractivity contribution is 7.80. The first-order chi connectivity index (χ1) is 14.6. The van der Waals surface area contributed by atoms with Gasteiger partial charge in [-0.1, -0.05) is 5.92 Å². The number of imide groups is 1. The summed E-state index contributed by atoms with van der Waals surface area (Å²) in [4.78, 5) is 35.8. The Hall–Kier alpha value is -3.69. The molecule has 9 heteroatoms.